The zero-order valence-corrected chi connectivity index (χ0v) is 11.9. The molecule has 1 aromatic rings. The van der Waals surface area contributed by atoms with E-state index in [0.717, 1.165) is 19.4 Å². The molecule has 1 amide bonds. The van der Waals surface area contributed by atoms with Crippen molar-refractivity contribution in [3.63, 3.8) is 0 Å². The number of rotatable bonds is 5. The summed E-state index contributed by atoms with van der Waals surface area (Å²) in [5.74, 6) is -0.161. The number of carbonyl (C=O) groups is 1. The lowest BCUT2D eigenvalue weighted by atomic mass is 10.1. The number of nitrogens with one attached hydrogen (secondary N) is 1. The molecule has 7 nitrogen and oxygen atoms in total. The Labute approximate surface area is 123 Å². The fourth-order valence-electron chi connectivity index (χ4n) is 2.37. The van der Waals surface area contributed by atoms with Crippen LogP contribution < -0.4 is 10.2 Å². The summed E-state index contributed by atoms with van der Waals surface area (Å²) < 4.78 is 5.31. The summed E-state index contributed by atoms with van der Waals surface area (Å²) >= 11 is 0. The summed E-state index contributed by atoms with van der Waals surface area (Å²) in [5, 5.41) is 13.9. The average Bonchev–Trinajstić information content (AvgIpc) is 2.48. The molecule has 7 heteroatoms. The van der Waals surface area contributed by atoms with Gasteiger partial charge in [-0.05, 0) is 18.9 Å². The van der Waals surface area contributed by atoms with E-state index in [1.807, 2.05) is 0 Å². The van der Waals surface area contributed by atoms with Gasteiger partial charge < -0.3 is 15.0 Å². The molecule has 1 aliphatic heterocycles. The Balaban J connectivity index is 1.95. The first-order valence-corrected chi connectivity index (χ1v) is 6.89. The zero-order chi connectivity index (χ0) is 15.2. The van der Waals surface area contributed by atoms with E-state index in [4.69, 9.17) is 4.74 Å². The van der Waals surface area contributed by atoms with Gasteiger partial charge in [0.05, 0.1) is 24.1 Å². The number of hydrogen-bond donors (Lipinski definition) is 1. The van der Waals surface area contributed by atoms with Crippen molar-refractivity contribution in [3.8, 4) is 0 Å². The lowest BCUT2D eigenvalue weighted by Crippen LogP contribution is -2.44. The van der Waals surface area contributed by atoms with Crippen LogP contribution in [0.4, 0.5) is 11.4 Å². The first-order chi connectivity index (χ1) is 10.1. The van der Waals surface area contributed by atoms with Crippen LogP contribution in [0.5, 0.6) is 0 Å². The summed E-state index contributed by atoms with van der Waals surface area (Å²) in [6, 6.07) is 6.42. The van der Waals surface area contributed by atoms with Gasteiger partial charge in [0, 0.05) is 19.7 Å². The van der Waals surface area contributed by atoms with E-state index in [0.29, 0.717) is 12.3 Å². The number of nitro groups is 1. The fraction of sp³-hybridized carbons (Fsp3) is 0.500. The molecule has 1 saturated heterocycles. The van der Waals surface area contributed by atoms with E-state index in [1.54, 1.807) is 30.1 Å². The largest absolute Gasteiger partial charge is 0.379 e. The van der Waals surface area contributed by atoms with E-state index in [-0.39, 0.29) is 24.2 Å². The van der Waals surface area contributed by atoms with Crippen LogP contribution in [-0.4, -0.2) is 43.7 Å². The van der Waals surface area contributed by atoms with Crippen LogP contribution in [-0.2, 0) is 9.53 Å². The van der Waals surface area contributed by atoms with Crippen molar-refractivity contribution >= 4 is 17.3 Å². The molecule has 21 heavy (non-hydrogen) atoms. The van der Waals surface area contributed by atoms with Gasteiger partial charge in [-0.25, -0.2) is 0 Å². The Morgan fingerprint density at radius 1 is 1.52 bits per heavy atom. The molecule has 1 fully saturated rings. The SMILES string of the molecule is CN(CC(=O)NC1CCCOC1)c1ccccc1[N+](=O)[O-]. The van der Waals surface area contributed by atoms with Crippen molar-refractivity contribution in [2.75, 3.05) is 31.7 Å². The molecule has 1 aromatic carbocycles. The maximum absolute atomic E-state index is 12.0. The van der Waals surface area contributed by atoms with E-state index in [9.17, 15) is 14.9 Å². The highest BCUT2D eigenvalue weighted by atomic mass is 16.6. The Hall–Kier alpha value is -2.15. The second-order valence-electron chi connectivity index (χ2n) is 5.08. The van der Waals surface area contributed by atoms with E-state index < -0.39 is 4.92 Å². The van der Waals surface area contributed by atoms with Crippen LogP contribution in [0.25, 0.3) is 0 Å². The highest BCUT2D eigenvalue weighted by Gasteiger charge is 2.20. The molecule has 0 spiro atoms. The Morgan fingerprint density at radius 3 is 2.95 bits per heavy atom. The molecule has 114 valence electrons. The van der Waals surface area contributed by atoms with Gasteiger partial charge in [0.1, 0.15) is 5.69 Å². The van der Waals surface area contributed by atoms with E-state index in [2.05, 4.69) is 5.32 Å². The third-order valence-electron chi connectivity index (χ3n) is 3.40. The van der Waals surface area contributed by atoms with Crippen LogP contribution in [0.3, 0.4) is 0 Å². The van der Waals surface area contributed by atoms with E-state index in [1.165, 1.54) is 6.07 Å². The molecule has 2 rings (SSSR count). The van der Waals surface area contributed by atoms with Gasteiger partial charge in [-0.3, -0.25) is 14.9 Å². The number of hydrogen-bond acceptors (Lipinski definition) is 5. The molecule has 0 bridgehead atoms. The number of benzene rings is 1. The molecular formula is C14H19N3O4. The third-order valence-corrected chi connectivity index (χ3v) is 3.40. The summed E-state index contributed by atoms with van der Waals surface area (Å²) in [6.07, 6.45) is 1.84. The van der Waals surface area contributed by atoms with Gasteiger partial charge in [-0.2, -0.15) is 0 Å². The topological polar surface area (TPSA) is 84.7 Å². The standard InChI is InChI=1S/C14H19N3O4/c1-16(12-6-2-3-7-13(12)17(19)20)9-14(18)15-11-5-4-8-21-10-11/h2-3,6-7,11H,4-5,8-10H2,1H3,(H,15,18). The zero-order valence-electron chi connectivity index (χ0n) is 11.9. The second kappa shape index (κ2) is 7.03. The Morgan fingerprint density at radius 2 is 2.29 bits per heavy atom. The molecule has 0 saturated carbocycles. The molecule has 0 aromatic heterocycles. The number of carbonyl (C=O) groups excluding carboxylic acids is 1. The molecule has 0 aliphatic carbocycles. The Bertz CT molecular complexity index is 515. The van der Waals surface area contributed by atoms with Gasteiger partial charge in [0.25, 0.3) is 5.69 Å². The maximum Gasteiger partial charge on any atom is 0.292 e. The minimum Gasteiger partial charge on any atom is -0.379 e. The van der Waals surface area contributed by atoms with Crippen LogP contribution in [0.15, 0.2) is 24.3 Å². The monoisotopic (exact) mass is 293 g/mol. The van der Waals surface area contributed by atoms with Crippen LogP contribution in [0.1, 0.15) is 12.8 Å². The van der Waals surface area contributed by atoms with Crippen molar-refractivity contribution in [2.24, 2.45) is 0 Å². The summed E-state index contributed by atoms with van der Waals surface area (Å²) in [7, 11) is 1.67. The maximum atomic E-state index is 12.0. The van der Waals surface area contributed by atoms with Crippen LogP contribution in [0, 0.1) is 10.1 Å². The molecule has 1 N–H and O–H groups in total. The highest BCUT2D eigenvalue weighted by molar-refractivity contribution is 5.82. The number of ether oxygens (including phenoxy) is 1. The quantitative estimate of drug-likeness (QED) is 0.654. The number of para-hydroxylation sites is 2. The van der Waals surface area contributed by atoms with Crippen molar-refractivity contribution in [3.05, 3.63) is 34.4 Å². The van der Waals surface area contributed by atoms with E-state index >= 15 is 0 Å². The minimum atomic E-state index is -0.446. The Kier molecular flexibility index (Phi) is 5.10. The molecule has 1 aliphatic rings. The van der Waals surface area contributed by atoms with Gasteiger partial charge in [0.2, 0.25) is 5.91 Å². The van der Waals surface area contributed by atoms with Gasteiger partial charge >= 0.3 is 0 Å². The lowest BCUT2D eigenvalue weighted by molar-refractivity contribution is -0.384. The average molecular weight is 293 g/mol. The summed E-state index contributed by atoms with van der Waals surface area (Å²) in [5.41, 5.74) is 0.423. The number of nitro benzene ring substituents is 1. The van der Waals surface area contributed by atoms with Crippen molar-refractivity contribution in [2.45, 2.75) is 18.9 Å². The normalized spacial score (nSPS) is 18.0. The summed E-state index contributed by atoms with van der Waals surface area (Å²) in [4.78, 5) is 24.1. The smallest absolute Gasteiger partial charge is 0.292 e. The molecular weight excluding hydrogens is 274 g/mol. The second-order valence-corrected chi connectivity index (χ2v) is 5.08. The molecule has 1 unspecified atom stereocenters. The predicted molar refractivity (Wildman–Crippen MR) is 78.4 cm³/mol. The number of amides is 1. The number of nitrogens with zero attached hydrogens (tertiary/aromatic N) is 2. The minimum absolute atomic E-state index is 0.00574. The fourth-order valence-corrected chi connectivity index (χ4v) is 2.37. The predicted octanol–water partition coefficient (Wildman–Crippen LogP) is 1.33. The van der Waals surface area contributed by atoms with Crippen molar-refractivity contribution in [1.29, 1.82) is 0 Å². The summed E-state index contributed by atoms with van der Waals surface area (Å²) in [6.45, 7) is 1.34. The van der Waals surface area contributed by atoms with Crippen LogP contribution >= 0.6 is 0 Å². The first kappa shape index (κ1) is 15.2. The van der Waals surface area contributed by atoms with Gasteiger partial charge in [-0.1, -0.05) is 12.1 Å². The van der Waals surface area contributed by atoms with Crippen molar-refractivity contribution in [1.82, 2.24) is 5.32 Å². The molecule has 1 heterocycles. The lowest BCUT2D eigenvalue weighted by Gasteiger charge is -2.25. The van der Waals surface area contributed by atoms with Crippen molar-refractivity contribution < 1.29 is 14.5 Å². The van der Waals surface area contributed by atoms with Crippen LogP contribution in [0.2, 0.25) is 0 Å². The number of likely N-dealkylation sites (N-methyl/N-ethyl adjacent to an activating group) is 1. The third kappa shape index (κ3) is 4.16. The first-order valence-electron chi connectivity index (χ1n) is 6.89. The highest BCUT2D eigenvalue weighted by Crippen LogP contribution is 2.26. The van der Waals surface area contributed by atoms with Gasteiger partial charge in [0.15, 0.2) is 0 Å². The number of anilines is 1. The van der Waals surface area contributed by atoms with Gasteiger partial charge in [-0.15, -0.1) is 0 Å². The molecule has 1 atom stereocenters. The molecule has 0 radical (unpaired) electrons.